The molecule has 2 aromatic rings. The minimum atomic E-state index is 0.112. The Bertz CT molecular complexity index is 644. The van der Waals surface area contributed by atoms with E-state index < -0.39 is 0 Å². The number of thiazole rings is 1. The van der Waals surface area contributed by atoms with Crippen LogP contribution in [0.25, 0.3) is 0 Å². The maximum absolute atomic E-state index is 12.8. The summed E-state index contributed by atoms with van der Waals surface area (Å²) in [5.74, 6) is 1.17. The minimum absolute atomic E-state index is 0.112. The normalized spacial score (nSPS) is 18.1. The van der Waals surface area contributed by atoms with Gasteiger partial charge in [-0.15, -0.1) is 11.3 Å². The quantitative estimate of drug-likeness (QED) is 0.769. The van der Waals surface area contributed by atoms with Gasteiger partial charge in [0.05, 0.1) is 23.9 Å². The van der Waals surface area contributed by atoms with Gasteiger partial charge in [0.25, 0.3) is 0 Å². The number of nitrogens with zero attached hydrogens (tertiary/aromatic N) is 3. The number of piperidine rings is 1. The summed E-state index contributed by atoms with van der Waals surface area (Å²) in [6.07, 6.45) is 5.42. The van der Waals surface area contributed by atoms with Gasteiger partial charge in [0.15, 0.2) is 0 Å². The van der Waals surface area contributed by atoms with E-state index in [2.05, 4.69) is 16.9 Å². The van der Waals surface area contributed by atoms with Crippen molar-refractivity contribution >= 4 is 29.0 Å². The first kappa shape index (κ1) is 16.5. The van der Waals surface area contributed by atoms with Crippen molar-refractivity contribution in [3.8, 4) is 0 Å². The van der Waals surface area contributed by atoms with Crippen molar-refractivity contribution in [3.05, 3.63) is 41.2 Å². The average molecular weight is 348 g/mol. The van der Waals surface area contributed by atoms with E-state index >= 15 is 0 Å². The molecule has 0 bridgehead atoms. The second-order valence-corrected chi connectivity index (χ2v) is 7.94. The summed E-state index contributed by atoms with van der Waals surface area (Å²) in [6.45, 7) is 2.93. The Morgan fingerprint density at radius 3 is 3.13 bits per heavy atom. The van der Waals surface area contributed by atoms with E-state index in [4.69, 9.17) is 0 Å². The summed E-state index contributed by atoms with van der Waals surface area (Å²) in [7, 11) is 0. The standard InChI is InChI=1S/C17H21N3OS2/c1-2-22-17-19-13(12-23-17)11-16(21)20-10-6-4-8-15(20)14-7-3-5-9-18-14/h3,5,7,9,12,15H,2,4,6,8,10-11H2,1H3/t15-/m0/s1. The van der Waals surface area contributed by atoms with Gasteiger partial charge in [-0.3, -0.25) is 9.78 Å². The Labute approximate surface area is 145 Å². The minimum Gasteiger partial charge on any atom is -0.334 e. The Kier molecular flexibility index (Phi) is 5.67. The van der Waals surface area contributed by atoms with Gasteiger partial charge >= 0.3 is 0 Å². The molecule has 0 aliphatic carbocycles. The molecule has 2 aromatic heterocycles. The number of thioether (sulfide) groups is 1. The lowest BCUT2D eigenvalue weighted by molar-refractivity contribution is -0.134. The monoisotopic (exact) mass is 347 g/mol. The molecule has 1 saturated heterocycles. The van der Waals surface area contributed by atoms with E-state index in [1.165, 1.54) is 0 Å². The fourth-order valence-corrected chi connectivity index (χ4v) is 4.67. The first-order chi connectivity index (χ1) is 11.3. The summed E-state index contributed by atoms with van der Waals surface area (Å²) in [5.41, 5.74) is 1.89. The van der Waals surface area contributed by atoms with Crippen molar-refractivity contribution in [2.24, 2.45) is 0 Å². The molecule has 6 heteroatoms. The van der Waals surface area contributed by atoms with Gasteiger partial charge in [0, 0.05) is 18.1 Å². The van der Waals surface area contributed by atoms with E-state index in [1.807, 2.05) is 28.5 Å². The summed E-state index contributed by atoms with van der Waals surface area (Å²) in [6, 6.07) is 6.05. The van der Waals surface area contributed by atoms with Gasteiger partial charge < -0.3 is 4.90 Å². The molecule has 1 aliphatic heterocycles. The van der Waals surface area contributed by atoms with Gasteiger partial charge in [0.2, 0.25) is 5.91 Å². The van der Waals surface area contributed by atoms with Gasteiger partial charge in [-0.25, -0.2) is 4.98 Å². The SMILES string of the molecule is CCSc1nc(CC(=O)N2CCCC[C@H]2c2ccccn2)cs1. The molecule has 1 amide bonds. The number of carbonyl (C=O) groups is 1. The Hall–Kier alpha value is -1.40. The van der Waals surface area contributed by atoms with Crippen LogP contribution in [-0.2, 0) is 11.2 Å². The maximum atomic E-state index is 12.8. The van der Waals surface area contributed by atoms with Crippen LogP contribution in [0.5, 0.6) is 0 Å². The van der Waals surface area contributed by atoms with Crippen molar-refractivity contribution < 1.29 is 4.79 Å². The number of likely N-dealkylation sites (tertiary alicyclic amines) is 1. The molecule has 0 N–H and O–H groups in total. The first-order valence-electron chi connectivity index (χ1n) is 8.05. The summed E-state index contributed by atoms with van der Waals surface area (Å²) < 4.78 is 1.05. The predicted octanol–water partition coefficient (Wildman–Crippen LogP) is 3.95. The number of pyridine rings is 1. The summed E-state index contributed by atoms with van der Waals surface area (Å²) in [5, 5.41) is 2.01. The van der Waals surface area contributed by atoms with Gasteiger partial charge in [0.1, 0.15) is 4.34 Å². The lowest BCUT2D eigenvalue weighted by atomic mass is 9.98. The van der Waals surface area contributed by atoms with Crippen LogP contribution in [0, 0.1) is 0 Å². The zero-order valence-corrected chi connectivity index (χ0v) is 14.9. The Morgan fingerprint density at radius 1 is 1.43 bits per heavy atom. The van der Waals surface area contributed by atoms with Crippen molar-refractivity contribution in [1.82, 2.24) is 14.9 Å². The average Bonchev–Trinajstić information content (AvgIpc) is 3.03. The molecule has 1 aliphatic rings. The van der Waals surface area contributed by atoms with E-state index in [1.54, 1.807) is 29.3 Å². The Balaban J connectivity index is 1.71. The molecule has 3 rings (SSSR count). The Morgan fingerprint density at radius 2 is 2.35 bits per heavy atom. The smallest absolute Gasteiger partial charge is 0.229 e. The number of hydrogen-bond donors (Lipinski definition) is 0. The lowest BCUT2D eigenvalue weighted by Gasteiger charge is -2.35. The van der Waals surface area contributed by atoms with Crippen LogP contribution in [0.1, 0.15) is 43.6 Å². The first-order valence-corrected chi connectivity index (χ1v) is 9.92. The maximum Gasteiger partial charge on any atom is 0.229 e. The lowest BCUT2D eigenvalue weighted by Crippen LogP contribution is -2.39. The van der Waals surface area contributed by atoms with Crippen molar-refractivity contribution in [3.63, 3.8) is 0 Å². The highest BCUT2D eigenvalue weighted by atomic mass is 32.2. The molecule has 122 valence electrons. The van der Waals surface area contributed by atoms with Crippen molar-refractivity contribution in [2.45, 2.75) is 43.0 Å². The van der Waals surface area contributed by atoms with Crippen LogP contribution < -0.4 is 0 Å². The summed E-state index contributed by atoms with van der Waals surface area (Å²) in [4.78, 5) is 23.8. The van der Waals surface area contributed by atoms with Gasteiger partial charge in [-0.05, 0) is 37.1 Å². The van der Waals surface area contributed by atoms with Crippen LogP contribution in [0.4, 0.5) is 0 Å². The zero-order chi connectivity index (χ0) is 16.1. The molecule has 0 saturated carbocycles. The van der Waals surface area contributed by atoms with Crippen LogP contribution in [0.15, 0.2) is 34.1 Å². The highest BCUT2D eigenvalue weighted by molar-refractivity contribution is 8.00. The van der Waals surface area contributed by atoms with Crippen molar-refractivity contribution in [2.75, 3.05) is 12.3 Å². The largest absolute Gasteiger partial charge is 0.334 e. The topological polar surface area (TPSA) is 46.1 Å². The number of amides is 1. The molecule has 0 aromatic carbocycles. The van der Waals surface area contributed by atoms with Crippen LogP contribution in [-0.4, -0.2) is 33.1 Å². The number of rotatable bonds is 5. The van der Waals surface area contributed by atoms with Crippen LogP contribution in [0.2, 0.25) is 0 Å². The van der Waals surface area contributed by atoms with Gasteiger partial charge in [-0.2, -0.15) is 0 Å². The fraction of sp³-hybridized carbons (Fsp3) is 0.471. The second-order valence-electron chi connectivity index (χ2n) is 5.57. The molecule has 3 heterocycles. The van der Waals surface area contributed by atoms with Crippen molar-refractivity contribution in [1.29, 1.82) is 0 Å². The molecule has 23 heavy (non-hydrogen) atoms. The van der Waals surface area contributed by atoms with E-state index in [9.17, 15) is 4.79 Å². The molecule has 1 fully saturated rings. The molecule has 0 spiro atoms. The van der Waals surface area contributed by atoms with Crippen LogP contribution >= 0.6 is 23.1 Å². The zero-order valence-electron chi connectivity index (χ0n) is 13.3. The van der Waals surface area contributed by atoms with E-state index in [0.717, 1.165) is 47.3 Å². The third-order valence-corrected chi connectivity index (χ3v) is 5.94. The van der Waals surface area contributed by atoms with E-state index in [-0.39, 0.29) is 11.9 Å². The third kappa shape index (κ3) is 4.12. The molecule has 0 radical (unpaired) electrons. The van der Waals surface area contributed by atoms with Crippen LogP contribution in [0.3, 0.4) is 0 Å². The van der Waals surface area contributed by atoms with Gasteiger partial charge in [-0.1, -0.05) is 24.8 Å². The number of aromatic nitrogens is 2. The van der Waals surface area contributed by atoms with E-state index in [0.29, 0.717) is 6.42 Å². The number of carbonyl (C=O) groups excluding carboxylic acids is 1. The summed E-state index contributed by atoms with van der Waals surface area (Å²) >= 11 is 3.36. The molecule has 1 atom stereocenters. The predicted molar refractivity (Wildman–Crippen MR) is 94.8 cm³/mol. The fourth-order valence-electron chi connectivity index (χ4n) is 2.93. The molecule has 0 unspecified atom stereocenters. The molecule has 4 nitrogen and oxygen atoms in total. The molecular formula is C17H21N3OS2. The second kappa shape index (κ2) is 7.93. The highest BCUT2D eigenvalue weighted by Gasteiger charge is 2.29. The third-order valence-electron chi connectivity index (χ3n) is 3.98. The number of hydrogen-bond acceptors (Lipinski definition) is 5. The highest BCUT2D eigenvalue weighted by Crippen LogP contribution is 2.30. The molecular weight excluding hydrogens is 326 g/mol.